The van der Waals surface area contributed by atoms with Gasteiger partial charge >= 0.3 is 5.97 Å². The Balaban J connectivity index is 2.37. The van der Waals surface area contributed by atoms with E-state index in [1.54, 1.807) is 6.07 Å². The van der Waals surface area contributed by atoms with Crippen LogP contribution in [0.25, 0.3) is 0 Å². The highest BCUT2D eigenvalue weighted by Crippen LogP contribution is 2.37. The van der Waals surface area contributed by atoms with Crippen LogP contribution in [0.15, 0.2) is 16.6 Å². The van der Waals surface area contributed by atoms with E-state index in [1.165, 1.54) is 13.2 Å². The van der Waals surface area contributed by atoms with Crippen molar-refractivity contribution in [1.29, 1.82) is 0 Å². The van der Waals surface area contributed by atoms with E-state index in [4.69, 9.17) is 9.47 Å². The van der Waals surface area contributed by atoms with Crippen LogP contribution >= 0.6 is 15.9 Å². The molecule has 0 bridgehead atoms. The molecule has 5 heteroatoms. The van der Waals surface area contributed by atoms with E-state index >= 15 is 0 Å². The largest absolute Gasteiger partial charge is 0.493 e. The molecule has 18 heavy (non-hydrogen) atoms. The lowest BCUT2D eigenvalue weighted by Crippen LogP contribution is -2.14. The molecule has 1 N–H and O–H groups in total. The third-order valence-electron chi connectivity index (χ3n) is 3.06. The monoisotopic (exact) mass is 314 g/mol. The quantitative estimate of drug-likeness (QED) is 0.924. The lowest BCUT2D eigenvalue weighted by Gasteiger charge is -2.18. The molecule has 1 aliphatic carbocycles. The fraction of sp³-hybridized carbons (Fsp3) is 0.462. The first kappa shape index (κ1) is 13.2. The molecular formula is C13H15BrO4. The number of carboxylic acid groups (broad SMARTS) is 1. The minimum Gasteiger partial charge on any atom is -0.493 e. The molecule has 0 heterocycles. The third kappa shape index (κ3) is 2.77. The number of carbonyl (C=O) groups is 1. The number of benzene rings is 1. The van der Waals surface area contributed by atoms with Gasteiger partial charge < -0.3 is 14.6 Å². The molecule has 1 aliphatic rings. The summed E-state index contributed by atoms with van der Waals surface area (Å²) in [6, 6.07) is 3.26. The summed E-state index contributed by atoms with van der Waals surface area (Å²) in [5.74, 6) is -0.226. The molecule has 1 saturated carbocycles. The second kappa shape index (κ2) is 5.61. The number of hydrogen-bond donors (Lipinski definition) is 1. The van der Waals surface area contributed by atoms with Gasteiger partial charge in [0.1, 0.15) is 5.56 Å². The van der Waals surface area contributed by atoms with Gasteiger partial charge in [-0.3, -0.25) is 0 Å². The van der Waals surface area contributed by atoms with Crippen molar-refractivity contribution in [3.63, 3.8) is 0 Å². The molecule has 1 aromatic rings. The van der Waals surface area contributed by atoms with Gasteiger partial charge in [0, 0.05) is 4.47 Å². The lowest BCUT2D eigenvalue weighted by molar-refractivity contribution is 0.0688. The second-order valence-electron chi connectivity index (χ2n) is 4.31. The Morgan fingerprint density at radius 3 is 2.61 bits per heavy atom. The average molecular weight is 315 g/mol. The van der Waals surface area contributed by atoms with Crippen LogP contribution in [0.4, 0.5) is 0 Å². The standard InChI is InChI=1S/C13H15BrO4/c1-17-11-7-8(14)6-10(13(15)16)12(11)18-9-4-2-3-5-9/h6-7,9H,2-5H2,1H3,(H,15,16). The van der Waals surface area contributed by atoms with Crippen molar-refractivity contribution < 1.29 is 19.4 Å². The van der Waals surface area contributed by atoms with Crippen molar-refractivity contribution in [2.45, 2.75) is 31.8 Å². The van der Waals surface area contributed by atoms with Crippen LogP contribution in [0.2, 0.25) is 0 Å². The maximum Gasteiger partial charge on any atom is 0.339 e. The normalized spacial score (nSPS) is 15.7. The van der Waals surface area contributed by atoms with Gasteiger partial charge in [-0.1, -0.05) is 15.9 Å². The Morgan fingerprint density at radius 1 is 1.39 bits per heavy atom. The van der Waals surface area contributed by atoms with E-state index in [2.05, 4.69) is 15.9 Å². The van der Waals surface area contributed by atoms with Gasteiger partial charge in [0.05, 0.1) is 13.2 Å². The van der Waals surface area contributed by atoms with Gasteiger partial charge in [0.15, 0.2) is 11.5 Å². The highest BCUT2D eigenvalue weighted by Gasteiger charge is 2.23. The van der Waals surface area contributed by atoms with Gasteiger partial charge in [-0.05, 0) is 37.8 Å². The smallest absolute Gasteiger partial charge is 0.339 e. The SMILES string of the molecule is COc1cc(Br)cc(C(=O)O)c1OC1CCCC1. The number of rotatable bonds is 4. The molecule has 2 rings (SSSR count). The second-order valence-corrected chi connectivity index (χ2v) is 5.23. The summed E-state index contributed by atoms with van der Waals surface area (Å²) in [6.45, 7) is 0. The zero-order chi connectivity index (χ0) is 13.1. The van der Waals surface area contributed by atoms with Crippen molar-refractivity contribution in [2.75, 3.05) is 7.11 Å². The van der Waals surface area contributed by atoms with E-state index < -0.39 is 5.97 Å². The van der Waals surface area contributed by atoms with Crippen molar-refractivity contribution in [2.24, 2.45) is 0 Å². The number of halogens is 1. The Morgan fingerprint density at radius 2 is 2.06 bits per heavy atom. The summed E-state index contributed by atoms with van der Waals surface area (Å²) in [7, 11) is 1.51. The summed E-state index contributed by atoms with van der Waals surface area (Å²) in [4.78, 5) is 11.3. The van der Waals surface area contributed by atoms with Crippen LogP contribution in [0.1, 0.15) is 36.0 Å². The van der Waals surface area contributed by atoms with E-state index in [9.17, 15) is 9.90 Å². The number of ether oxygens (including phenoxy) is 2. The summed E-state index contributed by atoms with van der Waals surface area (Å²) >= 11 is 3.27. The molecule has 1 fully saturated rings. The van der Waals surface area contributed by atoms with Crippen LogP contribution in [0.5, 0.6) is 11.5 Å². The molecule has 1 aromatic carbocycles. The number of methoxy groups -OCH3 is 1. The molecule has 0 amide bonds. The van der Waals surface area contributed by atoms with E-state index in [0.29, 0.717) is 16.0 Å². The fourth-order valence-electron chi connectivity index (χ4n) is 2.17. The zero-order valence-electron chi connectivity index (χ0n) is 10.1. The van der Waals surface area contributed by atoms with Gasteiger partial charge in [0.25, 0.3) is 0 Å². The molecule has 0 saturated heterocycles. The number of hydrogen-bond acceptors (Lipinski definition) is 3. The molecule has 0 atom stereocenters. The number of aromatic carboxylic acids is 1. The van der Waals surface area contributed by atoms with Crippen LogP contribution in [0.3, 0.4) is 0 Å². The number of carboxylic acids is 1. The Labute approximate surface area is 114 Å². The topological polar surface area (TPSA) is 55.8 Å². The van der Waals surface area contributed by atoms with Gasteiger partial charge in [-0.25, -0.2) is 4.79 Å². The van der Waals surface area contributed by atoms with E-state index in [1.807, 2.05) is 0 Å². The first-order valence-corrected chi connectivity index (χ1v) is 6.68. The minimum atomic E-state index is -1.01. The summed E-state index contributed by atoms with van der Waals surface area (Å²) < 4.78 is 11.7. The predicted octanol–water partition coefficient (Wildman–Crippen LogP) is 3.48. The highest BCUT2D eigenvalue weighted by atomic mass is 79.9. The fourth-order valence-corrected chi connectivity index (χ4v) is 2.61. The summed E-state index contributed by atoms with van der Waals surface area (Å²) in [6.07, 6.45) is 4.30. The highest BCUT2D eigenvalue weighted by molar-refractivity contribution is 9.10. The molecule has 0 spiro atoms. The zero-order valence-corrected chi connectivity index (χ0v) is 11.7. The molecule has 0 aliphatic heterocycles. The Hall–Kier alpha value is -1.23. The van der Waals surface area contributed by atoms with Gasteiger partial charge in [-0.15, -0.1) is 0 Å². The minimum absolute atomic E-state index is 0.0955. The van der Waals surface area contributed by atoms with Crippen molar-refractivity contribution >= 4 is 21.9 Å². The first-order chi connectivity index (χ1) is 8.61. The average Bonchev–Trinajstić information content (AvgIpc) is 2.83. The van der Waals surface area contributed by atoms with Crippen molar-refractivity contribution in [3.05, 3.63) is 22.2 Å². The van der Waals surface area contributed by atoms with Crippen molar-refractivity contribution in [1.82, 2.24) is 0 Å². The molecule has 0 radical (unpaired) electrons. The van der Waals surface area contributed by atoms with Crippen LogP contribution < -0.4 is 9.47 Å². The van der Waals surface area contributed by atoms with Gasteiger partial charge in [0.2, 0.25) is 0 Å². The maximum atomic E-state index is 11.3. The summed E-state index contributed by atoms with van der Waals surface area (Å²) in [5.41, 5.74) is 0.133. The molecule has 4 nitrogen and oxygen atoms in total. The third-order valence-corrected chi connectivity index (χ3v) is 3.51. The van der Waals surface area contributed by atoms with Crippen molar-refractivity contribution in [3.8, 4) is 11.5 Å². The van der Waals surface area contributed by atoms with Gasteiger partial charge in [-0.2, -0.15) is 0 Å². The molecule has 0 aromatic heterocycles. The predicted molar refractivity (Wildman–Crippen MR) is 70.5 cm³/mol. The molecule has 0 unspecified atom stereocenters. The Kier molecular flexibility index (Phi) is 4.11. The summed E-state index contributed by atoms with van der Waals surface area (Å²) in [5, 5.41) is 9.23. The van der Waals surface area contributed by atoms with E-state index in [0.717, 1.165) is 25.7 Å². The van der Waals surface area contributed by atoms with Crippen LogP contribution in [0, 0.1) is 0 Å². The van der Waals surface area contributed by atoms with Crippen LogP contribution in [-0.4, -0.2) is 24.3 Å². The Bertz CT molecular complexity index is 453. The lowest BCUT2D eigenvalue weighted by atomic mass is 10.2. The maximum absolute atomic E-state index is 11.3. The molecule has 98 valence electrons. The first-order valence-electron chi connectivity index (χ1n) is 5.89. The molecular weight excluding hydrogens is 300 g/mol. The van der Waals surface area contributed by atoms with E-state index in [-0.39, 0.29) is 11.7 Å². The van der Waals surface area contributed by atoms with Crippen LogP contribution in [-0.2, 0) is 0 Å².